The summed E-state index contributed by atoms with van der Waals surface area (Å²) < 4.78 is 5.43. The Morgan fingerprint density at radius 2 is 1.97 bits per heavy atom. The van der Waals surface area contributed by atoms with Crippen LogP contribution in [0.15, 0.2) is 42.5 Å². The number of carbonyl (C=O) groups excluding carboxylic acids is 1. The highest BCUT2D eigenvalue weighted by Gasteiger charge is 2.53. The van der Waals surface area contributed by atoms with Crippen LogP contribution in [0.2, 0.25) is 5.02 Å². The standard InChI is InChI=1S/C25H28ClN3O3/c1-3-22(31)29-14-25(15-29)13-28(11-16-4-6-17(26)7-5-16)21(12-30)24-23(25)19-9-8-18(32-2)10-20(19)27-24/h4-10,21,27,30H,3,11-15H2,1-2H3/t21-/m0/s1. The summed E-state index contributed by atoms with van der Waals surface area (Å²) in [5.74, 6) is 0.979. The number of methoxy groups -OCH3 is 1. The van der Waals surface area contributed by atoms with E-state index >= 15 is 0 Å². The molecule has 0 bridgehead atoms. The summed E-state index contributed by atoms with van der Waals surface area (Å²) in [5, 5.41) is 12.3. The first kappa shape index (κ1) is 21.3. The van der Waals surface area contributed by atoms with Gasteiger partial charge in [-0.2, -0.15) is 0 Å². The molecule has 0 radical (unpaired) electrons. The van der Waals surface area contributed by atoms with Crippen LogP contribution in [0.3, 0.4) is 0 Å². The van der Waals surface area contributed by atoms with Crippen LogP contribution < -0.4 is 4.74 Å². The Morgan fingerprint density at radius 3 is 2.62 bits per heavy atom. The van der Waals surface area contributed by atoms with Crippen molar-refractivity contribution in [2.75, 3.05) is 33.4 Å². The number of nitrogens with one attached hydrogen (secondary N) is 1. The van der Waals surface area contributed by atoms with Crippen LogP contribution in [-0.2, 0) is 16.8 Å². The molecule has 3 heterocycles. The molecular weight excluding hydrogens is 426 g/mol. The van der Waals surface area contributed by atoms with E-state index in [1.165, 1.54) is 5.56 Å². The first-order valence-electron chi connectivity index (χ1n) is 11.0. The first-order valence-corrected chi connectivity index (χ1v) is 11.4. The average molecular weight is 454 g/mol. The average Bonchev–Trinajstić information content (AvgIpc) is 3.16. The molecule has 1 aromatic heterocycles. The van der Waals surface area contributed by atoms with Crippen molar-refractivity contribution in [3.8, 4) is 5.75 Å². The predicted molar refractivity (Wildman–Crippen MR) is 125 cm³/mol. The fraction of sp³-hybridized carbons (Fsp3) is 0.400. The van der Waals surface area contributed by atoms with Crippen LogP contribution in [0.4, 0.5) is 0 Å². The Labute approximate surface area is 192 Å². The second-order valence-corrected chi connectivity index (χ2v) is 9.38. The molecule has 2 aromatic carbocycles. The number of fused-ring (bicyclic) bond motifs is 4. The molecule has 7 heteroatoms. The van der Waals surface area contributed by atoms with E-state index in [-0.39, 0.29) is 24.0 Å². The van der Waals surface area contributed by atoms with Crippen LogP contribution in [0.1, 0.15) is 36.2 Å². The number of H-pyrrole nitrogens is 1. The summed E-state index contributed by atoms with van der Waals surface area (Å²) in [6, 6.07) is 13.8. The van der Waals surface area contributed by atoms with Gasteiger partial charge in [-0.05, 0) is 35.4 Å². The molecule has 1 saturated heterocycles. The van der Waals surface area contributed by atoms with Gasteiger partial charge < -0.3 is 19.7 Å². The lowest BCUT2D eigenvalue weighted by atomic mass is 9.68. The molecule has 0 aliphatic carbocycles. The maximum Gasteiger partial charge on any atom is 0.222 e. The molecule has 3 aromatic rings. The number of aromatic nitrogens is 1. The highest BCUT2D eigenvalue weighted by Crippen LogP contribution is 2.49. The summed E-state index contributed by atoms with van der Waals surface area (Å²) in [6.07, 6.45) is 0.516. The van der Waals surface area contributed by atoms with Crippen molar-refractivity contribution >= 4 is 28.4 Å². The molecule has 1 fully saturated rings. The van der Waals surface area contributed by atoms with E-state index < -0.39 is 0 Å². The number of amides is 1. The number of halogens is 1. The van der Waals surface area contributed by atoms with Gasteiger partial charge in [0.1, 0.15) is 5.75 Å². The van der Waals surface area contributed by atoms with E-state index in [0.29, 0.717) is 31.1 Å². The van der Waals surface area contributed by atoms with E-state index in [9.17, 15) is 9.90 Å². The fourth-order valence-corrected chi connectivity index (χ4v) is 5.57. The molecule has 32 heavy (non-hydrogen) atoms. The van der Waals surface area contributed by atoms with Crippen LogP contribution >= 0.6 is 11.6 Å². The monoisotopic (exact) mass is 453 g/mol. The van der Waals surface area contributed by atoms with Crippen molar-refractivity contribution in [1.29, 1.82) is 0 Å². The largest absolute Gasteiger partial charge is 0.497 e. The van der Waals surface area contributed by atoms with E-state index in [0.717, 1.165) is 34.5 Å². The van der Waals surface area contributed by atoms with Crippen LogP contribution in [0.5, 0.6) is 5.75 Å². The van der Waals surface area contributed by atoms with Crippen molar-refractivity contribution in [2.24, 2.45) is 0 Å². The van der Waals surface area contributed by atoms with E-state index in [2.05, 4.69) is 16.0 Å². The quantitative estimate of drug-likeness (QED) is 0.615. The number of rotatable bonds is 5. The molecule has 1 amide bonds. The Balaban J connectivity index is 1.59. The second-order valence-electron chi connectivity index (χ2n) is 8.94. The van der Waals surface area contributed by atoms with Gasteiger partial charge in [0.25, 0.3) is 0 Å². The smallest absolute Gasteiger partial charge is 0.222 e. The number of benzene rings is 2. The molecule has 0 unspecified atom stereocenters. The molecule has 2 aliphatic heterocycles. The van der Waals surface area contributed by atoms with Crippen LogP contribution in [0, 0.1) is 0 Å². The first-order chi connectivity index (χ1) is 15.5. The number of likely N-dealkylation sites (tertiary alicyclic amines) is 1. The van der Waals surface area contributed by atoms with Crippen molar-refractivity contribution in [3.05, 3.63) is 64.3 Å². The second kappa shape index (κ2) is 8.10. The molecule has 6 nitrogen and oxygen atoms in total. The van der Waals surface area contributed by atoms with Crippen LogP contribution in [0.25, 0.3) is 10.9 Å². The predicted octanol–water partition coefficient (Wildman–Crippen LogP) is 3.87. The van der Waals surface area contributed by atoms with Crippen LogP contribution in [-0.4, -0.2) is 59.1 Å². The molecule has 168 valence electrons. The summed E-state index contributed by atoms with van der Waals surface area (Å²) in [5.41, 5.74) is 4.26. The zero-order chi connectivity index (χ0) is 22.5. The maximum atomic E-state index is 12.4. The lowest BCUT2D eigenvalue weighted by molar-refractivity contribution is -0.140. The summed E-state index contributed by atoms with van der Waals surface area (Å²) in [6.45, 7) is 4.79. The zero-order valence-electron chi connectivity index (χ0n) is 18.4. The van der Waals surface area contributed by atoms with Gasteiger partial charge in [-0.25, -0.2) is 0 Å². The highest BCUT2D eigenvalue weighted by molar-refractivity contribution is 6.30. The Morgan fingerprint density at radius 1 is 1.22 bits per heavy atom. The third-order valence-corrected chi connectivity index (χ3v) is 7.21. The maximum absolute atomic E-state index is 12.4. The van der Waals surface area contributed by atoms with Crippen molar-refractivity contribution in [2.45, 2.75) is 31.3 Å². The van der Waals surface area contributed by atoms with Crippen molar-refractivity contribution < 1.29 is 14.6 Å². The number of hydrogen-bond acceptors (Lipinski definition) is 4. The molecule has 0 saturated carbocycles. The third kappa shape index (κ3) is 3.38. The third-order valence-electron chi connectivity index (χ3n) is 6.96. The van der Waals surface area contributed by atoms with Gasteiger partial charge in [0.05, 0.1) is 19.8 Å². The normalized spacial score (nSPS) is 19.8. The van der Waals surface area contributed by atoms with E-state index in [4.69, 9.17) is 16.3 Å². The Bertz CT molecular complexity index is 1150. The van der Waals surface area contributed by atoms with Gasteiger partial charge in [-0.3, -0.25) is 9.69 Å². The number of ether oxygens (including phenoxy) is 1. The molecule has 1 spiro atoms. The minimum Gasteiger partial charge on any atom is -0.497 e. The molecule has 2 N–H and O–H groups in total. The molecule has 1 atom stereocenters. The van der Waals surface area contributed by atoms with Gasteiger partial charge in [0.15, 0.2) is 0 Å². The lowest BCUT2D eigenvalue weighted by Gasteiger charge is -2.56. The number of carbonyl (C=O) groups is 1. The topological polar surface area (TPSA) is 68.8 Å². The lowest BCUT2D eigenvalue weighted by Crippen LogP contribution is -2.67. The number of aromatic amines is 1. The molecular formula is C25H28ClN3O3. The SMILES string of the molecule is CCC(=O)N1CC2(C1)CN(Cc1ccc(Cl)cc1)[C@@H](CO)c1[nH]c3cc(OC)ccc3c12. The minimum absolute atomic E-state index is 0.0121. The minimum atomic E-state index is -0.162. The summed E-state index contributed by atoms with van der Waals surface area (Å²) in [4.78, 5) is 20.2. The van der Waals surface area contributed by atoms with Crippen molar-refractivity contribution in [3.63, 3.8) is 0 Å². The van der Waals surface area contributed by atoms with Crippen molar-refractivity contribution in [1.82, 2.24) is 14.8 Å². The van der Waals surface area contributed by atoms with Gasteiger partial charge in [0.2, 0.25) is 5.91 Å². The van der Waals surface area contributed by atoms with E-state index in [1.807, 2.05) is 48.2 Å². The molecule has 2 aliphatic rings. The Kier molecular flexibility index (Phi) is 5.40. The zero-order valence-corrected chi connectivity index (χ0v) is 19.2. The van der Waals surface area contributed by atoms with Gasteiger partial charge in [-0.15, -0.1) is 0 Å². The number of hydrogen-bond donors (Lipinski definition) is 2. The Hall–Kier alpha value is -2.54. The molecule has 5 rings (SSSR count). The summed E-state index contributed by atoms with van der Waals surface area (Å²) >= 11 is 6.08. The number of aliphatic hydroxyl groups excluding tert-OH is 1. The van der Waals surface area contributed by atoms with Gasteiger partial charge >= 0.3 is 0 Å². The van der Waals surface area contributed by atoms with Gasteiger partial charge in [-0.1, -0.05) is 30.7 Å². The number of nitrogens with zero attached hydrogens (tertiary/aromatic N) is 2. The fourth-order valence-electron chi connectivity index (χ4n) is 5.45. The number of aliphatic hydroxyl groups is 1. The highest BCUT2D eigenvalue weighted by atomic mass is 35.5. The van der Waals surface area contributed by atoms with E-state index in [1.54, 1.807) is 7.11 Å². The summed E-state index contributed by atoms with van der Waals surface area (Å²) in [7, 11) is 1.66. The van der Waals surface area contributed by atoms with Gasteiger partial charge in [0, 0.05) is 65.7 Å².